The van der Waals surface area contributed by atoms with Gasteiger partial charge in [0.2, 0.25) is 0 Å². The van der Waals surface area contributed by atoms with Crippen molar-refractivity contribution in [1.82, 2.24) is 5.32 Å². The number of aliphatic hydroxyl groups is 1. The van der Waals surface area contributed by atoms with Crippen LogP contribution in [0, 0.1) is 0 Å². The van der Waals surface area contributed by atoms with Gasteiger partial charge in [-0.15, -0.1) is 0 Å². The van der Waals surface area contributed by atoms with Gasteiger partial charge in [-0.3, -0.25) is 4.79 Å². The molecule has 1 unspecified atom stereocenters. The highest BCUT2D eigenvalue weighted by molar-refractivity contribution is 5.73. The first-order valence-electron chi connectivity index (χ1n) is 6.57. The number of unbranched alkanes of at least 4 members (excludes halogenated alkanes) is 1. The van der Waals surface area contributed by atoms with Crippen molar-refractivity contribution in [2.45, 2.75) is 58.2 Å². The minimum absolute atomic E-state index is 0.0896. The maximum Gasteiger partial charge on any atom is 0.320 e. The van der Waals surface area contributed by atoms with E-state index in [2.05, 4.69) is 12.2 Å². The number of nitrogens with two attached hydrogens (primary N) is 2. The first-order valence-corrected chi connectivity index (χ1v) is 6.57. The van der Waals surface area contributed by atoms with E-state index < -0.39 is 12.0 Å². The molecule has 7 N–H and O–H groups in total. The first-order chi connectivity index (χ1) is 8.49. The molecule has 0 fully saturated rings. The fraction of sp³-hybridized carbons (Fsp3) is 0.917. The molecule has 110 valence electrons. The van der Waals surface area contributed by atoms with E-state index in [-0.39, 0.29) is 19.2 Å². The first kappa shape index (κ1) is 19.6. The quantitative estimate of drug-likeness (QED) is 0.380. The lowest BCUT2D eigenvalue weighted by molar-refractivity contribution is -0.139. The van der Waals surface area contributed by atoms with E-state index in [0.717, 1.165) is 19.3 Å². The van der Waals surface area contributed by atoms with Crippen LogP contribution in [0.5, 0.6) is 0 Å². The molecule has 0 saturated carbocycles. The van der Waals surface area contributed by atoms with E-state index in [9.17, 15) is 4.79 Å². The fourth-order valence-electron chi connectivity index (χ4n) is 1.20. The number of aliphatic hydroxyl groups excluding tert-OH is 1. The normalized spacial score (nSPS) is 11.9. The molecule has 1 atom stereocenters. The zero-order valence-electron chi connectivity index (χ0n) is 11.6. The monoisotopic (exact) mass is 263 g/mol. The van der Waals surface area contributed by atoms with Gasteiger partial charge in [0, 0.05) is 6.61 Å². The second kappa shape index (κ2) is 14.4. The summed E-state index contributed by atoms with van der Waals surface area (Å²) in [6, 6.07) is -0.597. The summed E-state index contributed by atoms with van der Waals surface area (Å²) in [7, 11) is 0. The van der Waals surface area contributed by atoms with E-state index >= 15 is 0 Å². The van der Waals surface area contributed by atoms with Crippen LogP contribution in [0.3, 0.4) is 0 Å². The average molecular weight is 263 g/mol. The third kappa shape index (κ3) is 15.3. The maximum absolute atomic E-state index is 10.4. The summed E-state index contributed by atoms with van der Waals surface area (Å²) in [5, 5.41) is 19.8. The van der Waals surface area contributed by atoms with Gasteiger partial charge in [-0.05, 0) is 25.8 Å². The second-order valence-electron chi connectivity index (χ2n) is 4.16. The Morgan fingerprint density at radius 3 is 2.11 bits per heavy atom. The van der Waals surface area contributed by atoms with E-state index in [1.54, 1.807) is 0 Å². The standard InChI is InChI=1S/C7H15NO3.C5H14N2/c1-2-4-8-6(3-5-9)7(10)11;1-2-3-4-5(6)7/h6,8-9H,2-5H2,1H3,(H,10,11);5H,2-4,6-7H2,1H3. The van der Waals surface area contributed by atoms with Gasteiger partial charge >= 0.3 is 5.97 Å². The van der Waals surface area contributed by atoms with Crippen molar-refractivity contribution >= 4 is 5.97 Å². The molecule has 0 aromatic heterocycles. The van der Waals surface area contributed by atoms with Crippen LogP contribution in [-0.4, -0.2) is 41.5 Å². The number of rotatable bonds is 9. The van der Waals surface area contributed by atoms with Crippen LogP contribution in [0.1, 0.15) is 46.0 Å². The molecule has 0 amide bonds. The summed E-state index contributed by atoms with van der Waals surface area (Å²) in [5.74, 6) is -0.896. The largest absolute Gasteiger partial charge is 0.480 e. The van der Waals surface area contributed by atoms with Crippen molar-refractivity contribution < 1.29 is 15.0 Å². The summed E-state index contributed by atoms with van der Waals surface area (Å²) < 4.78 is 0. The van der Waals surface area contributed by atoms with Crippen LogP contribution in [-0.2, 0) is 4.79 Å². The highest BCUT2D eigenvalue weighted by Gasteiger charge is 2.14. The van der Waals surface area contributed by atoms with Crippen LogP contribution in [0.15, 0.2) is 0 Å². The Morgan fingerprint density at radius 1 is 1.22 bits per heavy atom. The Morgan fingerprint density at radius 2 is 1.83 bits per heavy atom. The van der Waals surface area contributed by atoms with Crippen molar-refractivity contribution in [3.8, 4) is 0 Å². The van der Waals surface area contributed by atoms with Crippen LogP contribution in [0.2, 0.25) is 0 Å². The fourth-order valence-corrected chi connectivity index (χ4v) is 1.20. The van der Waals surface area contributed by atoms with Crippen LogP contribution < -0.4 is 16.8 Å². The molecule has 0 aromatic rings. The Balaban J connectivity index is 0. The average Bonchev–Trinajstić information content (AvgIpc) is 2.32. The molecule has 6 heteroatoms. The van der Waals surface area contributed by atoms with Crippen LogP contribution in [0.25, 0.3) is 0 Å². The van der Waals surface area contributed by atoms with Gasteiger partial charge < -0.3 is 27.0 Å². The van der Waals surface area contributed by atoms with Crippen molar-refractivity contribution in [2.75, 3.05) is 13.2 Å². The minimum Gasteiger partial charge on any atom is -0.480 e. The molecule has 0 radical (unpaired) electrons. The molecule has 0 bridgehead atoms. The molecule has 0 heterocycles. The van der Waals surface area contributed by atoms with Gasteiger partial charge in [-0.1, -0.05) is 26.7 Å². The van der Waals surface area contributed by atoms with Crippen molar-refractivity contribution in [3.63, 3.8) is 0 Å². The third-order valence-corrected chi connectivity index (χ3v) is 2.25. The van der Waals surface area contributed by atoms with Gasteiger partial charge in [0.1, 0.15) is 6.04 Å². The molecule has 6 nitrogen and oxygen atoms in total. The molecule has 18 heavy (non-hydrogen) atoms. The number of hydrogen-bond acceptors (Lipinski definition) is 5. The van der Waals surface area contributed by atoms with Crippen molar-refractivity contribution in [3.05, 3.63) is 0 Å². The second-order valence-corrected chi connectivity index (χ2v) is 4.16. The van der Waals surface area contributed by atoms with Gasteiger partial charge in [0.05, 0.1) is 6.17 Å². The Hall–Kier alpha value is -0.690. The van der Waals surface area contributed by atoms with Crippen LogP contribution in [0.4, 0.5) is 0 Å². The molecule has 0 aliphatic carbocycles. The number of carboxylic acid groups (broad SMARTS) is 1. The lowest BCUT2D eigenvalue weighted by Crippen LogP contribution is -2.37. The highest BCUT2D eigenvalue weighted by Crippen LogP contribution is 1.92. The lowest BCUT2D eigenvalue weighted by atomic mass is 10.2. The third-order valence-electron chi connectivity index (χ3n) is 2.25. The summed E-state index contributed by atoms with van der Waals surface area (Å²) in [5.41, 5.74) is 10.5. The predicted molar refractivity (Wildman–Crippen MR) is 73.1 cm³/mol. The van der Waals surface area contributed by atoms with E-state index in [4.69, 9.17) is 21.7 Å². The SMILES string of the molecule is CCCCC(N)N.CCCNC(CCO)C(=O)O. The number of nitrogens with one attached hydrogen (secondary N) is 1. The topological polar surface area (TPSA) is 122 Å². The lowest BCUT2D eigenvalue weighted by Gasteiger charge is -2.11. The summed E-state index contributed by atoms with van der Waals surface area (Å²) in [6.07, 6.45) is 4.36. The predicted octanol–water partition coefficient (Wildman–Crippen LogP) is 0.242. The zero-order chi connectivity index (χ0) is 14.4. The smallest absolute Gasteiger partial charge is 0.320 e. The summed E-state index contributed by atoms with van der Waals surface area (Å²) in [6.45, 7) is 4.68. The highest BCUT2D eigenvalue weighted by atomic mass is 16.4. The Kier molecular flexibility index (Phi) is 15.7. The number of aliphatic carboxylic acids is 1. The molecule has 0 aromatic carbocycles. The number of carboxylic acids is 1. The Labute approximate surface area is 110 Å². The molecule has 0 saturated heterocycles. The van der Waals surface area contributed by atoms with Crippen LogP contribution >= 0.6 is 0 Å². The van der Waals surface area contributed by atoms with Crippen molar-refractivity contribution in [2.24, 2.45) is 11.5 Å². The zero-order valence-corrected chi connectivity index (χ0v) is 11.6. The van der Waals surface area contributed by atoms with Gasteiger partial charge in [-0.2, -0.15) is 0 Å². The van der Waals surface area contributed by atoms with Gasteiger partial charge in [0.25, 0.3) is 0 Å². The van der Waals surface area contributed by atoms with E-state index in [1.165, 1.54) is 6.42 Å². The van der Waals surface area contributed by atoms with E-state index in [1.807, 2.05) is 6.92 Å². The number of hydrogen-bond donors (Lipinski definition) is 5. The molecule has 0 rings (SSSR count). The van der Waals surface area contributed by atoms with Gasteiger partial charge in [-0.25, -0.2) is 0 Å². The molecule has 0 aliphatic rings. The maximum atomic E-state index is 10.4. The molecular formula is C12H29N3O3. The molecule has 0 aliphatic heterocycles. The summed E-state index contributed by atoms with van der Waals surface area (Å²) >= 11 is 0. The van der Waals surface area contributed by atoms with Crippen molar-refractivity contribution in [1.29, 1.82) is 0 Å². The Bertz CT molecular complexity index is 189. The van der Waals surface area contributed by atoms with E-state index in [0.29, 0.717) is 6.54 Å². The molecule has 0 spiro atoms. The minimum atomic E-state index is -0.896. The van der Waals surface area contributed by atoms with Gasteiger partial charge in [0.15, 0.2) is 0 Å². The number of carbonyl (C=O) groups is 1. The summed E-state index contributed by atoms with van der Waals surface area (Å²) in [4.78, 5) is 10.4. The molecular weight excluding hydrogens is 234 g/mol.